The van der Waals surface area contributed by atoms with Crippen molar-refractivity contribution in [2.45, 2.75) is 78.4 Å². The van der Waals surface area contributed by atoms with E-state index in [0.717, 1.165) is 43.4 Å². The van der Waals surface area contributed by atoms with E-state index in [1.807, 2.05) is 19.2 Å². The molecule has 11 heteroatoms. The quantitative estimate of drug-likeness (QED) is 0.123. The Hall–Kier alpha value is -3.25. The van der Waals surface area contributed by atoms with Gasteiger partial charge >= 0.3 is 5.97 Å². The van der Waals surface area contributed by atoms with Crippen molar-refractivity contribution in [3.8, 4) is 11.5 Å². The molecule has 11 nitrogen and oxygen atoms in total. The highest BCUT2D eigenvalue weighted by atomic mass is 16.5. The summed E-state index contributed by atoms with van der Waals surface area (Å²) in [5, 5.41) is 29.8. The smallest absolute Gasteiger partial charge is 0.339 e. The Labute approximate surface area is 267 Å². The van der Waals surface area contributed by atoms with Gasteiger partial charge in [0.05, 0.1) is 59.0 Å². The average molecular weight is 630 g/mol. The Morgan fingerprint density at radius 2 is 1.82 bits per heavy atom. The minimum absolute atomic E-state index is 0.0330. The van der Waals surface area contributed by atoms with Crippen molar-refractivity contribution in [2.75, 3.05) is 53.4 Å². The highest BCUT2D eigenvalue weighted by Crippen LogP contribution is 2.48. The molecule has 2 unspecified atom stereocenters. The molecule has 3 rings (SSSR count). The van der Waals surface area contributed by atoms with E-state index in [2.05, 4.69) is 36.8 Å². The molecule has 0 amide bonds. The SMILES string of the molecule is C=C(C)C1CCC(C)=CC1c1c(OCCOCCOCc2cn(CCOCCOC)nn2)cc(CCCCC)c(C(=O)O)c1O. The maximum absolute atomic E-state index is 12.4. The molecule has 2 N–H and O–H groups in total. The van der Waals surface area contributed by atoms with Gasteiger partial charge in [0.1, 0.15) is 29.4 Å². The molecule has 0 radical (unpaired) electrons. The molecule has 0 saturated carbocycles. The van der Waals surface area contributed by atoms with E-state index in [0.29, 0.717) is 76.1 Å². The fourth-order valence-electron chi connectivity index (χ4n) is 5.58. The number of methoxy groups -OCH3 is 1. The average Bonchev–Trinajstić information content (AvgIpc) is 3.45. The number of hydrogen-bond acceptors (Lipinski definition) is 9. The zero-order valence-electron chi connectivity index (χ0n) is 27.4. The van der Waals surface area contributed by atoms with E-state index in [1.54, 1.807) is 11.8 Å². The number of aromatic nitrogens is 3. The van der Waals surface area contributed by atoms with E-state index in [-0.39, 0.29) is 29.8 Å². The van der Waals surface area contributed by atoms with Crippen LogP contribution in [0.4, 0.5) is 0 Å². The molecule has 2 atom stereocenters. The number of nitrogens with zero attached hydrogens (tertiary/aromatic N) is 3. The lowest BCUT2D eigenvalue weighted by molar-refractivity contribution is 0.0292. The number of allylic oxidation sites excluding steroid dienone is 3. The number of aryl methyl sites for hydroxylation is 1. The van der Waals surface area contributed by atoms with Crippen LogP contribution >= 0.6 is 0 Å². The van der Waals surface area contributed by atoms with E-state index in [9.17, 15) is 15.0 Å². The van der Waals surface area contributed by atoms with Crippen LogP contribution in [-0.4, -0.2) is 84.5 Å². The number of rotatable bonds is 22. The van der Waals surface area contributed by atoms with Gasteiger partial charge in [0.2, 0.25) is 0 Å². The van der Waals surface area contributed by atoms with Crippen LogP contribution in [0.3, 0.4) is 0 Å². The minimum atomic E-state index is -1.13. The summed E-state index contributed by atoms with van der Waals surface area (Å²) < 4.78 is 29.8. The number of hydrogen-bond donors (Lipinski definition) is 2. The third kappa shape index (κ3) is 11.2. The molecule has 0 spiro atoms. The lowest BCUT2D eigenvalue weighted by atomic mass is 9.73. The maximum Gasteiger partial charge on any atom is 0.339 e. The first-order chi connectivity index (χ1) is 21.8. The normalized spacial score (nSPS) is 16.5. The molecule has 45 heavy (non-hydrogen) atoms. The van der Waals surface area contributed by atoms with Crippen molar-refractivity contribution in [2.24, 2.45) is 5.92 Å². The molecule has 1 aliphatic carbocycles. The predicted octanol–water partition coefficient (Wildman–Crippen LogP) is 5.71. The second kappa shape index (κ2) is 19.3. The van der Waals surface area contributed by atoms with Crippen molar-refractivity contribution >= 4 is 5.97 Å². The molecule has 0 bridgehead atoms. The Morgan fingerprint density at radius 3 is 2.56 bits per heavy atom. The number of ether oxygens (including phenoxy) is 5. The monoisotopic (exact) mass is 629 g/mol. The summed E-state index contributed by atoms with van der Waals surface area (Å²) >= 11 is 0. The van der Waals surface area contributed by atoms with Gasteiger partial charge in [0, 0.05) is 18.6 Å². The number of phenols is 1. The fourth-order valence-corrected chi connectivity index (χ4v) is 5.58. The third-order valence-corrected chi connectivity index (χ3v) is 7.95. The predicted molar refractivity (Wildman–Crippen MR) is 171 cm³/mol. The van der Waals surface area contributed by atoms with E-state index < -0.39 is 5.97 Å². The number of aromatic hydroxyl groups is 1. The summed E-state index contributed by atoms with van der Waals surface area (Å²) in [6, 6.07) is 1.81. The van der Waals surface area contributed by atoms with Crippen molar-refractivity contribution < 1.29 is 38.7 Å². The molecule has 1 heterocycles. The summed E-state index contributed by atoms with van der Waals surface area (Å²) in [5.41, 5.74) is 3.98. The maximum atomic E-state index is 12.4. The molecule has 250 valence electrons. The van der Waals surface area contributed by atoms with Crippen LogP contribution in [0.5, 0.6) is 11.5 Å². The van der Waals surface area contributed by atoms with Crippen LogP contribution in [0.1, 0.15) is 86.0 Å². The number of carboxylic acids is 1. The highest BCUT2D eigenvalue weighted by Gasteiger charge is 2.33. The Bertz CT molecular complexity index is 1260. The second-order valence-corrected chi connectivity index (χ2v) is 11.6. The number of carboxylic acid groups (broad SMARTS) is 1. The first-order valence-corrected chi connectivity index (χ1v) is 15.9. The van der Waals surface area contributed by atoms with E-state index in [1.165, 1.54) is 5.57 Å². The van der Waals surface area contributed by atoms with Crippen LogP contribution in [0, 0.1) is 5.92 Å². The Balaban J connectivity index is 1.59. The van der Waals surface area contributed by atoms with Crippen molar-refractivity contribution in [3.63, 3.8) is 0 Å². The Morgan fingerprint density at radius 1 is 1.09 bits per heavy atom. The zero-order chi connectivity index (χ0) is 32.6. The minimum Gasteiger partial charge on any atom is -0.507 e. The topological polar surface area (TPSA) is 134 Å². The zero-order valence-corrected chi connectivity index (χ0v) is 27.4. The second-order valence-electron chi connectivity index (χ2n) is 11.6. The Kier molecular flexibility index (Phi) is 15.5. The molecule has 0 fully saturated rings. The molecule has 2 aromatic rings. The van der Waals surface area contributed by atoms with Crippen LogP contribution in [-0.2, 0) is 38.5 Å². The van der Waals surface area contributed by atoms with Gasteiger partial charge in [-0.2, -0.15) is 0 Å². The van der Waals surface area contributed by atoms with E-state index >= 15 is 0 Å². The van der Waals surface area contributed by atoms with Gasteiger partial charge in [-0.25, -0.2) is 9.48 Å². The first kappa shape index (κ1) is 36.2. The van der Waals surface area contributed by atoms with Crippen LogP contribution in [0.15, 0.2) is 36.1 Å². The molecular formula is C34H51N3O8. The molecular weight excluding hydrogens is 578 g/mol. The number of benzene rings is 1. The fraction of sp³-hybridized carbons (Fsp3) is 0.618. The number of carbonyl (C=O) groups is 1. The van der Waals surface area contributed by atoms with Gasteiger partial charge in [0.15, 0.2) is 0 Å². The van der Waals surface area contributed by atoms with Gasteiger partial charge in [-0.3, -0.25) is 0 Å². The van der Waals surface area contributed by atoms with Crippen LogP contribution < -0.4 is 4.74 Å². The highest BCUT2D eigenvalue weighted by molar-refractivity contribution is 5.94. The lowest BCUT2D eigenvalue weighted by Gasteiger charge is -2.32. The standard InChI is InChI=1S/C34H51N3O8/c1-6-7-8-9-26-21-30(32(33(38)31(26)34(39)40)29-20-25(4)10-11-28(29)24(2)3)45-19-18-43-16-17-44-23-27-22-37(36-35-27)12-13-42-15-14-41-5/h20-22,28-29,38H,2,6-19,23H2,1,3-5H3,(H,39,40). The summed E-state index contributed by atoms with van der Waals surface area (Å²) in [4.78, 5) is 12.4. The third-order valence-electron chi connectivity index (χ3n) is 7.95. The molecule has 1 aliphatic rings. The molecule has 0 aliphatic heterocycles. The van der Waals surface area contributed by atoms with Gasteiger partial charge in [-0.1, -0.05) is 48.8 Å². The summed E-state index contributed by atoms with van der Waals surface area (Å²) in [7, 11) is 1.64. The van der Waals surface area contributed by atoms with Crippen molar-refractivity contribution in [1.82, 2.24) is 15.0 Å². The van der Waals surface area contributed by atoms with Crippen LogP contribution in [0.2, 0.25) is 0 Å². The van der Waals surface area contributed by atoms with E-state index in [4.69, 9.17) is 23.7 Å². The molecule has 1 aromatic heterocycles. The van der Waals surface area contributed by atoms with Crippen molar-refractivity contribution in [1.29, 1.82) is 0 Å². The largest absolute Gasteiger partial charge is 0.507 e. The molecule has 0 saturated heterocycles. The summed E-state index contributed by atoms with van der Waals surface area (Å²) in [5.74, 6) is -1.01. The van der Waals surface area contributed by atoms with Gasteiger partial charge in [-0.15, -0.1) is 5.10 Å². The number of unbranched alkanes of at least 4 members (excludes halogenated alkanes) is 2. The first-order valence-electron chi connectivity index (χ1n) is 15.9. The molecule has 1 aromatic carbocycles. The van der Waals surface area contributed by atoms with Gasteiger partial charge in [-0.05, 0) is 57.1 Å². The lowest BCUT2D eigenvalue weighted by Crippen LogP contribution is -2.20. The summed E-state index contributed by atoms with van der Waals surface area (Å²) in [6.45, 7) is 14.2. The van der Waals surface area contributed by atoms with Gasteiger partial charge < -0.3 is 33.9 Å². The van der Waals surface area contributed by atoms with Crippen LogP contribution in [0.25, 0.3) is 0 Å². The van der Waals surface area contributed by atoms with Gasteiger partial charge in [0.25, 0.3) is 0 Å². The number of aromatic carboxylic acids is 1. The summed E-state index contributed by atoms with van der Waals surface area (Å²) in [6.07, 6.45) is 9.12. The van der Waals surface area contributed by atoms with Crippen molar-refractivity contribution in [3.05, 3.63) is 58.4 Å².